The topological polar surface area (TPSA) is 86.8 Å². The fraction of sp³-hybridized carbons (Fsp3) is 0.259. The van der Waals surface area contributed by atoms with Gasteiger partial charge in [0.1, 0.15) is 12.6 Å². The minimum atomic E-state index is -3.84. The second kappa shape index (κ2) is 13.1. The summed E-state index contributed by atoms with van der Waals surface area (Å²) >= 11 is 9.56. The first-order valence-corrected chi connectivity index (χ1v) is 14.7. The third kappa shape index (κ3) is 8.31. The SMILES string of the molecule is CCNC(=O)[C@H](Cc1ccccc1)N(Cc1cccc(Br)c1)C(=O)CN(c1cccc(Cl)c1)S(C)(=O)=O. The van der Waals surface area contributed by atoms with Crippen LogP contribution >= 0.6 is 27.5 Å². The average Bonchev–Trinajstić information content (AvgIpc) is 2.84. The number of hydrogen-bond acceptors (Lipinski definition) is 4. The van der Waals surface area contributed by atoms with Crippen molar-refractivity contribution in [2.45, 2.75) is 25.9 Å². The van der Waals surface area contributed by atoms with Crippen LogP contribution in [0.15, 0.2) is 83.3 Å². The van der Waals surface area contributed by atoms with Gasteiger partial charge in [-0.3, -0.25) is 13.9 Å². The maximum Gasteiger partial charge on any atom is 0.244 e. The molecule has 3 rings (SSSR count). The van der Waals surface area contributed by atoms with Crippen LogP contribution in [0, 0.1) is 0 Å². The van der Waals surface area contributed by atoms with E-state index in [9.17, 15) is 18.0 Å². The molecule has 3 aromatic rings. The van der Waals surface area contributed by atoms with Gasteiger partial charge in [-0.1, -0.05) is 76.1 Å². The lowest BCUT2D eigenvalue weighted by molar-refractivity contribution is -0.140. The molecule has 0 bridgehead atoms. The van der Waals surface area contributed by atoms with Gasteiger partial charge in [-0.2, -0.15) is 0 Å². The number of halogens is 2. The Bertz CT molecular complexity index is 1340. The summed E-state index contributed by atoms with van der Waals surface area (Å²) in [6.07, 6.45) is 1.30. The molecule has 7 nitrogen and oxygen atoms in total. The molecule has 0 radical (unpaired) electrons. The highest BCUT2D eigenvalue weighted by molar-refractivity contribution is 9.10. The molecule has 0 saturated heterocycles. The lowest BCUT2D eigenvalue weighted by Crippen LogP contribution is -2.53. The number of carbonyl (C=O) groups is 2. The summed E-state index contributed by atoms with van der Waals surface area (Å²) in [5, 5.41) is 3.17. The summed E-state index contributed by atoms with van der Waals surface area (Å²) in [6, 6.07) is 22.3. The molecule has 1 N–H and O–H groups in total. The van der Waals surface area contributed by atoms with Gasteiger partial charge >= 0.3 is 0 Å². The molecule has 0 fully saturated rings. The Morgan fingerprint density at radius 3 is 2.27 bits per heavy atom. The number of hydrogen-bond donors (Lipinski definition) is 1. The fourth-order valence-electron chi connectivity index (χ4n) is 3.92. The summed E-state index contributed by atoms with van der Waals surface area (Å²) in [5.74, 6) is -0.832. The van der Waals surface area contributed by atoms with E-state index < -0.39 is 28.5 Å². The van der Waals surface area contributed by atoms with Crippen molar-refractivity contribution >= 4 is 55.1 Å². The molecule has 0 aromatic heterocycles. The third-order valence-electron chi connectivity index (χ3n) is 5.64. The molecule has 0 aliphatic heterocycles. The van der Waals surface area contributed by atoms with E-state index in [0.717, 1.165) is 26.2 Å². The van der Waals surface area contributed by atoms with Gasteiger partial charge < -0.3 is 10.2 Å². The maximum absolute atomic E-state index is 13.9. The molecule has 0 aliphatic rings. The summed E-state index contributed by atoms with van der Waals surface area (Å²) in [4.78, 5) is 28.6. The standard InChI is InChI=1S/C27H29BrClN3O4S/c1-3-30-27(34)25(16-20-9-5-4-6-10-20)31(18-21-11-7-12-22(28)15-21)26(33)19-32(37(2,35)36)24-14-8-13-23(29)17-24/h4-15,17,25H,3,16,18-19H2,1-2H3,(H,30,34)/t25-/m0/s1. The van der Waals surface area contributed by atoms with Crippen molar-refractivity contribution < 1.29 is 18.0 Å². The summed E-state index contributed by atoms with van der Waals surface area (Å²) in [7, 11) is -3.84. The van der Waals surface area contributed by atoms with Crippen LogP contribution in [-0.4, -0.2) is 50.5 Å². The van der Waals surface area contributed by atoms with Gasteiger partial charge in [0.05, 0.1) is 11.9 Å². The monoisotopic (exact) mass is 605 g/mol. The van der Waals surface area contributed by atoms with Gasteiger partial charge in [0.25, 0.3) is 0 Å². The van der Waals surface area contributed by atoms with Crippen molar-refractivity contribution in [1.29, 1.82) is 0 Å². The third-order valence-corrected chi connectivity index (χ3v) is 7.51. The Balaban J connectivity index is 2.04. The van der Waals surface area contributed by atoms with Crippen molar-refractivity contribution in [3.63, 3.8) is 0 Å². The number of amides is 2. The van der Waals surface area contributed by atoms with Gasteiger partial charge in [-0.05, 0) is 48.4 Å². The minimum absolute atomic E-state index is 0.111. The van der Waals surface area contributed by atoms with Crippen LogP contribution in [0.4, 0.5) is 5.69 Å². The van der Waals surface area contributed by atoms with Crippen molar-refractivity contribution in [2.24, 2.45) is 0 Å². The van der Waals surface area contributed by atoms with Gasteiger partial charge in [0.15, 0.2) is 0 Å². The first-order valence-electron chi connectivity index (χ1n) is 11.7. The van der Waals surface area contributed by atoms with E-state index >= 15 is 0 Å². The Kier molecular flexibility index (Phi) is 10.1. The first-order chi connectivity index (χ1) is 17.6. The zero-order chi connectivity index (χ0) is 27.0. The highest BCUT2D eigenvalue weighted by Gasteiger charge is 2.32. The maximum atomic E-state index is 13.9. The van der Waals surface area contributed by atoms with Crippen LogP contribution in [-0.2, 0) is 32.6 Å². The molecule has 0 spiro atoms. The van der Waals surface area contributed by atoms with E-state index in [1.54, 1.807) is 18.2 Å². The number of likely N-dealkylation sites (N-methyl/N-ethyl adjacent to an activating group) is 1. The number of anilines is 1. The molecule has 0 heterocycles. The lowest BCUT2D eigenvalue weighted by atomic mass is 10.0. The zero-order valence-electron chi connectivity index (χ0n) is 20.6. The number of benzene rings is 3. The van der Waals surface area contributed by atoms with E-state index in [2.05, 4.69) is 21.2 Å². The molecule has 3 aromatic carbocycles. The second-order valence-electron chi connectivity index (χ2n) is 8.50. The van der Waals surface area contributed by atoms with Crippen LogP contribution in [0.2, 0.25) is 5.02 Å². The van der Waals surface area contributed by atoms with Crippen LogP contribution < -0.4 is 9.62 Å². The van der Waals surface area contributed by atoms with Crippen molar-refractivity contribution in [3.05, 3.63) is 99.5 Å². The molecular weight excluding hydrogens is 578 g/mol. The molecule has 10 heteroatoms. The smallest absolute Gasteiger partial charge is 0.244 e. The largest absolute Gasteiger partial charge is 0.355 e. The lowest BCUT2D eigenvalue weighted by Gasteiger charge is -2.33. The summed E-state index contributed by atoms with van der Waals surface area (Å²) < 4.78 is 27.3. The normalized spacial score (nSPS) is 12.0. The number of rotatable bonds is 11. The van der Waals surface area contributed by atoms with E-state index in [-0.39, 0.29) is 24.6 Å². The average molecular weight is 607 g/mol. The van der Waals surface area contributed by atoms with Gasteiger partial charge in [0, 0.05) is 29.0 Å². The number of sulfonamides is 1. The number of carbonyl (C=O) groups excluding carboxylic acids is 2. The molecule has 0 aliphatic carbocycles. The molecule has 1 atom stereocenters. The Morgan fingerprint density at radius 1 is 0.973 bits per heavy atom. The predicted molar refractivity (Wildman–Crippen MR) is 151 cm³/mol. The highest BCUT2D eigenvalue weighted by atomic mass is 79.9. The molecular formula is C27H29BrClN3O4S. The minimum Gasteiger partial charge on any atom is -0.355 e. The Morgan fingerprint density at radius 2 is 1.65 bits per heavy atom. The zero-order valence-corrected chi connectivity index (χ0v) is 23.8. The quantitative estimate of drug-likeness (QED) is 0.345. The molecule has 0 saturated carbocycles. The molecule has 37 heavy (non-hydrogen) atoms. The fourth-order valence-corrected chi connectivity index (χ4v) is 5.40. The number of nitrogens with zero attached hydrogens (tertiary/aromatic N) is 2. The van der Waals surface area contributed by atoms with E-state index in [0.29, 0.717) is 11.6 Å². The van der Waals surface area contributed by atoms with E-state index in [4.69, 9.17) is 11.6 Å². The van der Waals surface area contributed by atoms with Gasteiger partial charge in [0.2, 0.25) is 21.8 Å². The summed E-state index contributed by atoms with van der Waals surface area (Å²) in [6.45, 7) is 1.82. The van der Waals surface area contributed by atoms with Crippen molar-refractivity contribution in [3.8, 4) is 0 Å². The van der Waals surface area contributed by atoms with Crippen LogP contribution in [0.3, 0.4) is 0 Å². The molecule has 0 unspecified atom stereocenters. The van der Waals surface area contributed by atoms with E-state index in [1.807, 2.05) is 61.5 Å². The van der Waals surface area contributed by atoms with Crippen molar-refractivity contribution in [1.82, 2.24) is 10.2 Å². The first kappa shape index (κ1) is 28.7. The van der Waals surface area contributed by atoms with Gasteiger partial charge in [-0.25, -0.2) is 8.42 Å². The molecule has 2 amide bonds. The number of nitrogens with one attached hydrogen (secondary N) is 1. The second-order valence-corrected chi connectivity index (χ2v) is 11.8. The van der Waals surface area contributed by atoms with Crippen LogP contribution in [0.25, 0.3) is 0 Å². The van der Waals surface area contributed by atoms with Crippen LogP contribution in [0.1, 0.15) is 18.1 Å². The van der Waals surface area contributed by atoms with Gasteiger partial charge in [-0.15, -0.1) is 0 Å². The predicted octanol–water partition coefficient (Wildman–Crippen LogP) is 4.64. The Hall–Kier alpha value is -2.88. The molecule has 196 valence electrons. The van der Waals surface area contributed by atoms with Crippen LogP contribution in [0.5, 0.6) is 0 Å². The van der Waals surface area contributed by atoms with Crippen molar-refractivity contribution in [2.75, 3.05) is 23.7 Å². The highest BCUT2D eigenvalue weighted by Crippen LogP contribution is 2.23. The summed E-state index contributed by atoms with van der Waals surface area (Å²) in [5.41, 5.74) is 1.93. The van der Waals surface area contributed by atoms with E-state index in [1.165, 1.54) is 11.0 Å². The Labute approximate surface area is 231 Å².